The molecule has 0 fully saturated rings. The molecule has 0 bridgehead atoms. The van der Waals surface area contributed by atoms with Crippen LogP contribution in [0, 0.1) is 0 Å². The zero-order chi connectivity index (χ0) is 14.1. The number of ether oxygens (including phenoxy) is 1. The molecule has 0 saturated heterocycles. The molecule has 1 aliphatic rings. The van der Waals surface area contributed by atoms with E-state index < -0.39 is 17.3 Å². The Hall–Kier alpha value is -1.59. The van der Waals surface area contributed by atoms with E-state index in [1.165, 1.54) is 0 Å². The molecular formula is C13H15F3N2O. The van der Waals surface area contributed by atoms with Crippen molar-refractivity contribution in [2.75, 3.05) is 6.61 Å². The third kappa shape index (κ3) is 2.57. The van der Waals surface area contributed by atoms with E-state index in [0.29, 0.717) is 6.61 Å². The van der Waals surface area contributed by atoms with E-state index in [9.17, 15) is 13.2 Å². The number of alkyl halides is 3. The van der Waals surface area contributed by atoms with Crippen LogP contribution in [0.2, 0.25) is 0 Å². The summed E-state index contributed by atoms with van der Waals surface area (Å²) in [6.07, 6.45) is -0.700. The van der Waals surface area contributed by atoms with E-state index in [2.05, 4.69) is 9.98 Å². The molecule has 1 aromatic rings. The Morgan fingerprint density at radius 1 is 1.32 bits per heavy atom. The summed E-state index contributed by atoms with van der Waals surface area (Å²) in [5, 5.41) is 0. The van der Waals surface area contributed by atoms with Crippen LogP contribution in [0.25, 0.3) is 0 Å². The average molecular weight is 272 g/mol. The fourth-order valence-corrected chi connectivity index (χ4v) is 2.04. The van der Waals surface area contributed by atoms with Gasteiger partial charge < -0.3 is 4.74 Å². The Labute approximate surface area is 109 Å². The van der Waals surface area contributed by atoms with Crippen LogP contribution in [0.15, 0.2) is 23.5 Å². The first-order chi connectivity index (χ1) is 8.92. The van der Waals surface area contributed by atoms with Gasteiger partial charge in [0.05, 0.1) is 16.7 Å². The average Bonchev–Trinajstić information content (AvgIpc) is 2.83. The van der Waals surface area contributed by atoms with Crippen LogP contribution in [-0.4, -0.2) is 23.0 Å². The SMILES string of the molecule is CCC1(CC)COC(c2cnccc2C(F)(F)F)=N1. The van der Waals surface area contributed by atoms with Crippen molar-refractivity contribution in [2.24, 2.45) is 4.99 Å². The van der Waals surface area contributed by atoms with Crippen molar-refractivity contribution < 1.29 is 17.9 Å². The fourth-order valence-electron chi connectivity index (χ4n) is 2.04. The summed E-state index contributed by atoms with van der Waals surface area (Å²) in [6.45, 7) is 4.22. The molecule has 1 aromatic heterocycles. The topological polar surface area (TPSA) is 34.5 Å². The number of aliphatic imine (C=N–C) groups is 1. The number of aromatic nitrogens is 1. The monoisotopic (exact) mass is 272 g/mol. The van der Waals surface area contributed by atoms with Gasteiger partial charge in [0.25, 0.3) is 0 Å². The predicted octanol–water partition coefficient (Wildman–Crippen LogP) is 3.44. The zero-order valence-electron chi connectivity index (χ0n) is 10.8. The van der Waals surface area contributed by atoms with Gasteiger partial charge in [-0.05, 0) is 18.9 Å². The second-order valence-corrected chi connectivity index (χ2v) is 4.56. The highest BCUT2D eigenvalue weighted by molar-refractivity contribution is 5.96. The molecule has 0 N–H and O–H groups in total. The standard InChI is InChI=1S/C13H15F3N2O/c1-3-12(4-2)8-19-11(18-12)9-7-17-6-5-10(9)13(14,15)16/h5-7H,3-4,8H2,1-2H3. The Bertz CT molecular complexity index is 493. The molecule has 0 radical (unpaired) electrons. The van der Waals surface area contributed by atoms with E-state index in [1.807, 2.05) is 13.8 Å². The Morgan fingerprint density at radius 3 is 2.53 bits per heavy atom. The van der Waals surface area contributed by atoms with Gasteiger partial charge in [0.2, 0.25) is 5.90 Å². The predicted molar refractivity (Wildman–Crippen MR) is 65.0 cm³/mol. The second-order valence-electron chi connectivity index (χ2n) is 4.56. The Kier molecular flexibility index (Phi) is 3.52. The van der Waals surface area contributed by atoms with Gasteiger partial charge in [0.1, 0.15) is 6.61 Å². The molecule has 0 aromatic carbocycles. The van der Waals surface area contributed by atoms with Crippen LogP contribution >= 0.6 is 0 Å². The van der Waals surface area contributed by atoms with Crippen molar-refractivity contribution in [3.05, 3.63) is 29.6 Å². The summed E-state index contributed by atoms with van der Waals surface area (Å²) < 4.78 is 44.1. The number of pyridine rings is 1. The van der Waals surface area contributed by atoms with Crippen molar-refractivity contribution >= 4 is 5.90 Å². The third-order valence-corrected chi connectivity index (χ3v) is 3.49. The number of rotatable bonds is 3. The van der Waals surface area contributed by atoms with Gasteiger partial charge in [-0.2, -0.15) is 13.2 Å². The van der Waals surface area contributed by atoms with Gasteiger partial charge in [-0.1, -0.05) is 13.8 Å². The molecule has 0 unspecified atom stereocenters. The normalized spacial score (nSPS) is 18.1. The van der Waals surface area contributed by atoms with Crippen molar-refractivity contribution in [1.29, 1.82) is 0 Å². The highest BCUT2D eigenvalue weighted by Gasteiger charge is 2.39. The van der Waals surface area contributed by atoms with Crippen LogP contribution in [0.4, 0.5) is 13.2 Å². The molecule has 0 saturated carbocycles. The van der Waals surface area contributed by atoms with E-state index in [1.54, 1.807) is 0 Å². The van der Waals surface area contributed by atoms with Crippen molar-refractivity contribution in [2.45, 2.75) is 38.4 Å². The minimum Gasteiger partial charge on any atom is -0.475 e. The summed E-state index contributed by atoms with van der Waals surface area (Å²) in [6, 6.07) is 0.944. The van der Waals surface area contributed by atoms with Gasteiger partial charge in [-0.3, -0.25) is 4.98 Å². The van der Waals surface area contributed by atoms with Gasteiger partial charge in [-0.15, -0.1) is 0 Å². The van der Waals surface area contributed by atoms with Gasteiger partial charge in [0, 0.05) is 12.4 Å². The van der Waals surface area contributed by atoms with Crippen LogP contribution in [0.5, 0.6) is 0 Å². The van der Waals surface area contributed by atoms with Crippen molar-refractivity contribution in [3.8, 4) is 0 Å². The zero-order valence-corrected chi connectivity index (χ0v) is 10.8. The van der Waals surface area contributed by atoms with E-state index >= 15 is 0 Å². The molecule has 2 heterocycles. The summed E-state index contributed by atoms with van der Waals surface area (Å²) in [5.74, 6) is 0.0455. The minimum absolute atomic E-state index is 0.0455. The Balaban J connectivity index is 2.45. The molecule has 0 spiro atoms. The van der Waals surface area contributed by atoms with Gasteiger partial charge >= 0.3 is 6.18 Å². The summed E-state index contributed by atoms with van der Waals surface area (Å²) in [7, 11) is 0. The lowest BCUT2D eigenvalue weighted by molar-refractivity contribution is -0.137. The summed E-state index contributed by atoms with van der Waals surface area (Å²) in [4.78, 5) is 8.10. The second kappa shape index (κ2) is 4.83. The summed E-state index contributed by atoms with van der Waals surface area (Å²) in [5.41, 5.74) is -1.25. The quantitative estimate of drug-likeness (QED) is 0.844. The first kappa shape index (κ1) is 13.8. The molecule has 3 nitrogen and oxygen atoms in total. The van der Waals surface area contributed by atoms with Crippen LogP contribution in [-0.2, 0) is 10.9 Å². The van der Waals surface area contributed by atoms with Gasteiger partial charge in [0.15, 0.2) is 0 Å². The van der Waals surface area contributed by atoms with E-state index in [0.717, 1.165) is 31.3 Å². The minimum atomic E-state index is -4.44. The number of nitrogens with zero attached hydrogens (tertiary/aromatic N) is 2. The fraction of sp³-hybridized carbons (Fsp3) is 0.538. The number of hydrogen-bond donors (Lipinski definition) is 0. The molecule has 0 aliphatic carbocycles. The van der Waals surface area contributed by atoms with Crippen molar-refractivity contribution in [1.82, 2.24) is 4.98 Å². The number of halogens is 3. The largest absolute Gasteiger partial charge is 0.475 e. The summed E-state index contributed by atoms with van der Waals surface area (Å²) >= 11 is 0. The molecular weight excluding hydrogens is 257 g/mol. The lowest BCUT2D eigenvalue weighted by atomic mass is 9.95. The molecule has 19 heavy (non-hydrogen) atoms. The lowest BCUT2D eigenvalue weighted by Crippen LogP contribution is -2.25. The molecule has 2 rings (SSSR count). The first-order valence-electron chi connectivity index (χ1n) is 6.16. The highest BCUT2D eigenvalue weighted by Crippen LogP contribution is 2.34. The highest BCUT2D eigenvalue weighted by atomic mass is 19.4. The molecule has 0 atom stereocenters. The molecule has 1 aliphatic heterocycles. The van der Waals surface area contributed by atoms with E-state index in [-0.39, 0.29) is 11.5 Å². The molecule has 104 valence electrons. The Morgan fingerprint density at radius 2 is 2.00 bits per heavy atom. The smallest absolute Gasteiger partial charge is 0.417 e. The molecule has 0 amide bonds. The van der Waals surface area contributed by atoms with Crippen LogP contribution < -0.4 is 0 Å². The number of hydrogen-bond acceptors (Lipinski definition) is 3. The maximum absolute atomic E-state index is 12.9. The van der Waals surface area contributed by atoms with Crippen molar-refractivity contribution in [3.63, 3.8) is 0 Å². The maximum Gasteiger partial charge on any atom is 0.417 e. The molecule has 6 heteroatoms. The van der Waals surface area contributed by atoms with E-state index in [4.69, 9.17) is 4.74 Å². The van der Waals surface area contributed by atoms with Gasteiger partial charge in [-0.25, -0.2) is 4.99 Å². The lowest BCUT2D eigenvalue weighted by Gasteiger charge is -2.18. The third-order valence-electron chi connectivity index (χ3n) is 3.49. The first-order valence-corrected chi connectivity index (χ1v) is 6.16. The van der Waals surface area contributed by atoms with Crippen LogP contribution in [0.1, 0.15) is 37.8 Å². The van der Waals surface area contributed by atoms with Crippen LogP contribution in [0.3, 0.4) is 0 Å². The maximum atomic E-state index is 12.9.